The van der Waals surface area contributed by atoms with E-state index in [4.69, 9.17) is 9.72 Å². The fourth-order valence-corrected chi connectivity index (χ4v) is 3.58. The third kappa shape index (κ3) is 5.52. The number of hydrogen-bond acceptors (Lipinski definition) is 7. The molecular formula is C23H27FN6O. The fraction of sp³-hybridized carbons (Fsp3) is 0.391. The molecule has 0 saturated carbocycles. The molecular weight excluding hydrogens is 395 g/mol. The van der Waals surface area contributed by atoms with Gasteiger partial charge in [0.2, 0.25) is 5.95 Å². The molecule has 31 heavy (non-hydrogen) atoms. The van der Waals surface area contributed by atoms with Crippen molar-refractivity contribution >= 4 is 11.8 Å². The highest BCUT2D eigenvalue weighted by atomic mass is 19.1. The molecule has 1 saturated heterocycles. The van der Waals surface area contributed by atoms with Gasteiger partial charge in [-0.3, -0.25) is 0 Å². The summed E-state index contributed by atoms with van der Waals surface area (Å²) in [4.78, 5) is 20.5. The van der Waals surface area contributed by atoms with Crippen LogP contribution in [0.5, 0.6) is 0 Å². The predicted octanol–water partition coefficient (Wildman–Crippen LogP) is 3.57. The molecule has 0 spiro atoms. The van der Waals surface area contributed by atoms with E-state index in [1.807, 2.05) is 38.2 Å². The van der Waals surface area contributed by atoms with E-state index in [0.29, 0.717) is 19.0 Å². The van der Waals surface area contributed by atoms with Crippen LogP contribution in [0, 0.1) is 19.7 Å². The number of nitrogens with one attached hydrogen (secondary N) is 1. The lowest BCUT2D eigenvalue weighted by Gasteiger charge is -2.27. The van der Waals surface area contributed by atoms with Crippen LogP contribution < -0.4 is 10.2 Å². The van der Waals surface area contributed by atoms with Gasteiger partial charge in [0.15, 0.2) is 0 Å². The molecule has 0 radical (unpaired) electrons. The summed E-state index contributed by atoms with van der Waals surface area (Å²) in [6.45, 7) is 7.63. The zero-order valence-electron chi connectivity index (χ0n) is 17.9. The third-order valence-corrected chi connectivity index (χ3v) is 5.24. The summed E-state index contributed by atoms with van der Waals surface area (Å²) in [5.41, 5.74) is 3.71. The summed E-state index contributed by atoms with van der Waals surface area (Å²) in [7, 11) is 0. The molecule has 0 amide bonds. The third-order valence-electron chi connectivity index (χ3n) is 5.24. The number of morpholine rings is 1. The highest BCUT2D eigenvalue weighted by molar-refractivity contribution is 5.64. The fourth-order valence-electron chi connectivity index (χ4n) is 3.58. The van der Waals surface area contributed by atoms with Crippen LogP contribution in [0.4, 0.5) is 16.2 Å². The highest BCUT2D eigenvalue weighted by Crippen LogP contribution is 2.24. The number of rotatable bonds is 7. The molecule has 3 heterocycles. The molecule has 1 N–H and O–H groups in total. The van der Waals surface area contributed by atoms with Gasteiger partial charge in [-0.05, 0) is 44.4 Å². The molecule has 8 heteroatoms. The van der Waals surface area contributed by atoms with E-state index >= 15 is 0 Å². The van der Waals surface area contributed by atoms with E-state index in [1.165, 1.54) is 12.1 Å². The van der Waals surface area contributed by atoms with Gasteiger partial charge in [-0.2, -0.15) is 0 Å². The van der Waals surface area contributed by atoms with E-state index in [-0.39, 0.29) is 5.82 Å². The van der Waals surface area contributed by atoms with Crippen molar-refractivity contribution in [2.24, 2.45) is 0 Å². The second kappa shape index (κ2) is 9.78. The summed E-state index contributed by atoms with van der Waals surface area (Å²) in [6, 6.07) is 8.58. The molecule has 1 fully saturated rings. The first-order valence-electron chi connectivity index (χ1n) is 10.6. The Bertz CT molecular complexity index is 1020. The lowest BCUT2D eigenvalue weighted by Crippen LogP contribution is -2.37. The smallest absolute Gasteiger partial charge is 0.225 e. The average molecular weight is 423 g/mol. The Morgan fingerprint density at radius 1 is 1.06 bits per heavy atom. The van der Waals surface area contributed by atoms with E-state index in [0.717, 1.165) is 66.8 Å². The Morgan fingerprint density at radius 2 is 1.84 bits per heavy atom. The summed E-state index contributed by atoms with van der Waals surface area (Å²) < 4.78 is 18.4. The van der Waals surface area contributed by atoms with Crippen molar-refractivity contribution in [3.63, 3.8) is 0 Å². The zero-order chi connectivity index (χ0) is 21.6. The van der Waals surface area contributed by atoms with Crippen molar-refractivity contribution in [2.45, 2.75) is 26.7 Å². The minimum absolute atomic E-state index is 0.205. The van der Waals surface area contributed by atoms with E-state index < -0.39 is 0 Å². The quantitative estimate of drug-likeness (QED) is 0.583. The molecule has 1 aromatic carbocycles. The maximum Gasteiger partial charge on any atom is 0.225 e. The molecule has 1 aliphatic rings. The summed E-state index contributed by atoms with van der Waals surface area (Å²) in [6.07, 6.45) is 3.63. The van der Waals surface area contributed by atoms with Crippen molar-refractivity contribution in [1.82, 2.24) is 19.9 Å². The summed E-state index contributed by atoms with van der Waals surface area (Å²) in [5.74, 6) is 1.99. The SMILES string of the molecule is Cc1nc(NCCCc2ccc(F)cc2)cc(-c2cnc(N3CCOCC3)nc2C)n1. The molecule has 0 atom stereocenters. The standard InChI is InChI=1S/C23H27FN6O/c1-16-20(15-26-23(27-16)30-10-12-31-13-11-30)21-14-22(29-17(2)28-21)25-9-3-4-18-5-7-19(24)8-6-18/h5-8,14-15H,3-4,9-13H2,1-2H3,(H,25,28,29). The average Bonchev–Trinajstić information content (AvgIpc) is 2.78. The Balaban J connectivity index is 1.41. The Morgan fingerprint density at radius 3 is 2.58 bits per heavy atom. The lowest BCUT2D eigenvalue weighted by molar-refractivity contribution is 0.122. The van der Waals surface area contributed by atoms with Crippen LogP contribution >= 0.6 is 0 Å². The molecule has 0 aliphatic carbocycles. The van der Waals surface area contributed by atoms with Gasteiger partial charge in [0.1, 0.15) is 17.5 Å². The van der Waals surface area contributed by atoms with Gasteiger partial charge in [0.05, 0.1) is 24.6 Å². The monoisotopic (exact) mass is 422 g/mol. The van der Waals surface area contributed by atoms with Crippen LogP contribution in [0.3, 0.4) is 0 Å². The lowest BCUT2D eigenvalue weighted by atomic mass is 10.1. The van der Waals surface area contributed by atoms with Gasteiger partial charge in [0.25, 0.3) is 0 Å². The molecule has 2 aromatic heterocycles. The minimum Gasteiger partial charge on any atom is -0.378 e. The number of hydrogen-bond donors (Lipinski definition) is 1. The summed E-state index contributed by atoms with van der Waals surface area (Å²) in [5, 5.41) is 3.37. The topological polar surface area (TPSA) is 76.1 Å². The molecule has 162 valence electrons. The van der Waals surface area contributed by atoms with Crippen LogP contribution in [-0.2, 0) is 11.2 Å². The van der Waals surface area contributed by atoms with Gasteiger partial charge in [-0.1, -0.05) is 12.1 Å². The Labute approximate surface area is 181 Å². The first-order chi connectivity index (χ1) is 15.1. The van der Waals surface area contributed by atoms with Crippen LogP contribution in [-0.4, -0.2) is 52.8 Å². The maximum absolute atomic E-state index is 13.0. The van der Waals surface area contributed by atoms with Crippen LogP contribution in [0.1, 0.15) is 23.5 Å². The van der Waals surface area contributed by atoms with Crippen molar-refractivity contribution < 1.29 is 9.13 Å². The van der Waals surface area contributed by atoms with E-state index in [2.05, 4.69) is 25.2 Å². The minimum atomic E-state index is -0.205. The van der Waals surface area contributed by atoms with E-state index in [9.17, 15) is 4.39 Å². The van der Waals surface area contributed by atoms with Crippen molar-refractivity contribution in [3.8, 4) is 11.3 Å². The number of ether oxygens (including phenoxy) is 1. The maximum atomic E-state index is 13.0. The van der Waals surface area contributed by atoms with Crippen LogP contribution in [0.15, 0.2) is 36.5 Å². The number of aromatic nitrogens is 4. The Kier molecular flexibility index (Phi) is 6.66. The van der Waals surface area contributed by atoms with Gasteiger partial charge in [-0.15, -0.1) is 0 Å². The first kappa shape index (κ1) is 21.1. The van der Waals surface area contributed by atoms with Gasteiger partial charge >= 0.3 is 0 Å². The van der Waals surface area contributed by atoms with Crippen LogP contribution in [0.2, 0.25) is 0 Å². The van der Waals surface area contributed by atoms with Crippen molar-refractivity contribution in [1.29, 1.82) is 0 Å². The second-order valence-electron chi connectivity index (χ2n) is 7.61. The van der Waals surface area contributed by atoms with E-state index in [1.54, 1.807) is 0 Å². The zero-order valence-corrected chi connectivity index (χ0v) is 17.9. The molecule has 3 aromatic rings. The largest absolute Gasteiger partial charge is 0.378 e. The van der Waals surface area contributed by atoms with Gasteiger partial charge < -0.3 is 15.0 Å². The summed E-state index contributed by atoms with van der Waals surface area (Å²) >= 11 is 0. The number of nitrogens with zero attached hydrogens (tertiary/aromatic N) is 5. The Hall–Kier alpha value is -3.13. The van der Waals surface area contributed by atoms with Crippen molar-refractivity contribution in [2.75, 3.05) is 43.1 Å². The molecule has 1 aliphatic heterocycles. The highest BCUT2D eigenvalue weighted by Gasteiger charge is 2.16. The number of halogens is 1. The molecule has 0 bridgehead atoms. The molecule has 7 nitrogen and oxygen atoms in total. The van der Waals surface area contributed by atoms with Gasteiger partial charge in [-0.25, -0.2) is 24.3 Å². The van der Waals surface area contributed by atoms with Gasteiger partial charge in [0, 0.05) is 37.5 Å². The first-order valence-corrected chi connectivity index (χ1v) is 10.6. The second-order valence-corrected chi connectivity index (χ2v) is 7.61. The number of aryl methyl sites for hydroxylation is 3. The van der Waals surface area contributed by atoms with Crippen LogP contribution in [0.25, 0.3) is 11.3 Å². The number of anilines is 2. The van der Waals surface area contributed by atoms with Crippen molar-refractivity contribution in [3.05, 3.63) is 59.4 Å². The number of benzene rings is 1. The normalized spacial score (nSPS) is 14.0. The predicted molar refractivity (Wildman–Crippen MR) is 119 cm³/mol. The molecule has 0 unspecified atom stereocenters. The molecule has 4 rings (SSSR count).